The molecule has 4 aliphatic carbocycles. The van der Waals surface area contributed by atoms with Gasteiger partial charge in [-0.3, -0.25) is 4.79 Å². The molecule has 3 aromatic rings. The average Bonchev–Trinajstić information content (AvgIpc) is 3.28. The third-order valence-electron chi connectivity index (χ3n) is 8.93. The number of nitrogens with zero attached hydrogens (tertiary/aromatic N) is 1. The van der Waals surface area contributed by atoms with E-state index in [-0.39, 0.29) is 22.2 Å². The van der Waals surface area contributed by atoms with Crippen molar-refractivity contribution in [3.05, 3.63) is 70.0 Å². The van der Waals surface area contributed by atoms with Gasteiger partial charge < -0.3 is 15.4 Å². The zero-order valence-electron chi connectivity index (χ0n) is 21.0. The standard InChI is InChI=1S/C30H32ClN3O3/c1-17-4-2-3-5-22(17)27-32-24(8-9-30-14-18-10-19(15-30)12-20(11-18)16-30)26(34-27)28(35)33-25-13-21(29(36)37)6-7-23(25)31/h2-7,13,18-20H,8-12,14-16H2,1H3,(H,32,34)(H,33,35)(H,36,37). The highest BCUT2D eigenvalue weighted by Gasteiger charge is 2.50. The first-order chi connectivity index (χ1) is 17.8. The third-order valence-corrected chi connectivity index (χ3v) is 9.26. The van der Waals surface area contributed by atoms with Crippen LogP contribution in [0, 0.1) is 30.1 Å². The number of carboxylic acids is 1. The van der Waals surface area contributed by atoms with Crippen molar-refractivity contribution >= 4 is 29.2 Å². The van der Waals surface area contributed by atoms with E-state index in [1.54, 1.807) is 0 Å². The monoisotopic (exact) mass is 517 g/mol. The van der Waals surface area contributed by atoms with Crippen molar-refractivity contribution in [2.24, 2.45) is 23.2 Å². The van der Waals surface area contributed by atoms with Crippen LogP contribution in [0.15, 0.2) is 42.5 Å². The number of aryl methyl sites for hydroxylation is 2. The Morgan fingerprint density at radius 1 is 1.08 bits per heavy atom. The number of halogens is 1. The van der Waals surface area contributed by atoms with Gasteiger partial charge in [-0.1, -0.05) is 35.9 Å². The summed E-state index contributed by atoms with van der Waals surface area (Å²) in [6.07, 6.45) is 9.99. The Kier molecular flexibility index (Phi) is 6.10. The molecule has 0 saturated heterocycles. The molecule has 3 N–H and O–H groups in total. The molecule has 0 atom stereocenters. The van der Waals surface area contributed by atoms with Gasteiger partial charge in [-0.05, 0) is 105 Å². The summed E-state index contributed by atoms with van der Waals surface area (Å²) >= 11 is 6.30. The second-order valence-corrected chi connectivity index (χ2v) is 12.0. The van der Waals surface area contributed by atoms with Gasteiger partial charge in [-0.15, -0.1) is 0 Å². The number of aromatic amines is 1. The summed E-state index contributed by atoms with van der Waals surface area (Å²) in [5.74, 6) is 1.84. The number of amides is 1. The molecule has 6 nitrogen and oxygen atoms in total. The number of benzene rings is 2. The number of anilines is 1. The molecule has 2 aromatic carbocycles. The third kappa shape index (κ3) is 4.68. The van der Waals surface area contributed by atoms with Crippen LogP contribution in [-0.4, -0.2) is 27.0 Å². The first-order valence-corrected chi connectivity index (χ1v) is 13.7. The molecule has 1 heterocycles. The molecule has 0 radical (unpaired) electrons. The lowest BCUT2D eigenvalue weighted by Crippen LogP contribution is -2.46. The Bertz CT molecular complexity index is 1340. The lowest BCUT2D eigenvalue weighted by molar-refractivity contribution is -0.0570. The summed E-state index contributed by atoms with van der Waals surface area (Å²) < 4.78 is 0. The number of aromatic carboxylic acids is 1. The van der Waals surface area contributed by atoms with Crippen molar-refractivity contribution < 1.29 is 14.7 Å². The predicted octanol–water partition coefficient (Wildman–Crippen LogP) is 7.14. The SMILES string of the molecule is Cc1ccccc1-c1nc(C(=O)Nc2cc(C(=O)O)ccc2Cl)c(CCC23CC4CC(CC(C4)C2)C3)[nH]1. The molecule has 37 heavy (non-hydrogen) atoms. The molecule has 1 amide bonds. The van der Waals surface area contributed by atoms with Crippen LogP contribution in [0.1, 0.15) is 77.0 Å². The van der Waals surface area contributed by atoms with Crippen molar-refractivity contribution in [3.8, 4) is 11.4 Å². The number of hydrogen-bond acceptors (Lipinski definition) is 3. The number of rotatable bonds is 7. The van der Waals surface area contributed by atoms with E-state index in [0.29, 0.717) is 16.9 Å². The maximum Gasteiger partial charge on any atom is 0.335 e. The summed E-state index contributed by atoms with van der Waals surface area (Å²) in [6.45, 7) is 2.03. The molecule has 0 aliphatic heterocycles. The van der Waals surface area contributed by atoms with Crippen molar-refractivity contribution in [1.82, 2.24) is 9.97 Å². The fourth-order valence-electron chi connectivity index (χ4n) is 7.67. The Morgan fingerprint density at radius 2 is 1.76 bits per heavy atom. The van der Waals surface area contributed by atoms with E-state index in [1.165, 1.54) is 56.7 Å². The highest BCUT2D eigenvalue weighted by atomic mass is 35.5. The summed E-state index contributed by atoms with van der Waals surface area (Å²) in [5.41, 5.74) is 3.92. The molecule has 0 unspecified atom stereocenters. The van der Waals surface area contributed by atoms with E-state index in [0.717, 1.165) is 47.4 Å². The van der Waals surface area contributed by atoms with Crippen LogP contribution in [0.2, 0.25) is 5.02 Å². The van der Waals surface area contributed by atoms with Crippen molar-refractivity contribution in [3.63, 3.8) is 0 Å². The number of carbonyl (C=O) groups is 2. The van der Waals surface area contributed by atoms with E-state index in [9.17, 15) is 14.7 Å². The number of hydrogen-bond donors (Lipinski definition) is 3. The zero-order chi connectivity index (χ0) is 25.7. The van der Waals surface area contributed by atoms with Gasteiger partial charge >= 0.3 is 5.97 Å². The van der Waals surface area contributed by atoms with Crippen LogP contribution in [0.4, 0.5) is 5.69 Å². The molecule has 1 aromatic heterocycles. The summed E-state index contributed by atoms with van der Waals surface area (Å²) in [7, 11) is 0. The van der Waals surface area contributed by atoms with Gasteiger partial charge in [0.1, 0.15) is 11.5 Å². The molecule has 7 rings (SSSR count). The summed E-state index contributed by atoms with van der Waals surface area (Å²) in [4.78, 5) is 33.2. The minimum absolute atomic E-state index is 0.0596. The van der Waals surface area contributed by atoms with Crippen molar-refractivity contribution in [2.45, 2.75) is 58.3 Å². The number of aromatic nitrogens is 2. The predicted molar refractivity (Wildman–Crippen MR) is 144 cm³/mol. The van der Waals surface area contributed by atoms with Gasteiger partial charge in [0.2, 0.25) is 0 Å². The molecular weight excluding hydrogens is 486 g/mol. The summed E-state index contributed by atoms with van der Waals surface area (Å²) in [6, 6.07) is 12.3. The van der Waals surface area contributed by atoms with E-state index in [4.69, 9.17) is 16.6 Å². The van der Waals surface area contributed by atoms with E-state index in [2.05, 4.69) is 10.3 Å². The van der Waals surface area contributed by atoms with Crippen LogP contribution >= 0.6 is 11.6 Å². The number of nitrogens with one attached hydrogen (secondary N) is 2. The molecular formula is C30H32ClN3O3. The minimum atomic E-state index is -1.08. The molecule has 4 aliphatic rings. The first kappa shape index (κ1) is 24.2. The van der Waals surface area contributed by atoms with Gasteiger partial charge in [0, 0.05) is 11.3 Å². The van der Waals surface area contributed by atoms with Crippen LogP contribution in [0.5, 0.6) is 0 Å². The zero-order valence-corrected chi connectivity index (χ0v) is 21.8. The quantitative estimate of drug-likeness (QED) is 0.310. The maximum absolute atomic E-state index is 13.5. The number of carboxylic acid groups (broad SMARTS) is 1. The van der Waals surface area contributed by atoms with E-state index in [1.807, 2.05) is 31.2 Å². The Balaban J connectivity index is 1.30. The first-order valence-electron chi connectivity index (χ1n) is 13.3. The minimum Gasteiger partial charge on any atom is -0.478 e. The smallest absolute Gasteiger partial charge is 0.335 e. The Labute approximate surface area is 221 Å². The normalized spacial score (nSPS) is 25.8. The molecule has 4 saturated carbocycles. The molecule has 0 spiro atoms. The van der Waals surface area contributed by atoms with Crippen LogP contribution in [-0.2, 0) is 6.42 Å². The second kappa shape index (κ2) is 9.32. The molecule has 192 valence electrons. The fraction of sp³-hybridized carbons (Fsp3) is 0.433. The number of imidazole rings is 1. The summed E-state index contributed by atoms with van der Waals surface area (Å²) in [5, 5.41) is 12.5. The Hall–Kier alpha value is -3.12. The van der Waals surface area contributed by atoms with Gasteiger partial charge in [0.15, 0.2) is 0 Å². The van der Waals surface area contributed by atoms with Crippen LogP contribution < -0.4 is 5.32 Å². The Morgan fingerprint density at radius 3 is 2.41 bits per heavy atom. The van der Waals surface area contributed by atoms with Crippen LogP contribution in [0.3, 0.4) is 0 Å². The van der Waals surface area contributed by atoms with Gasteiger partial charge in [-0.25, -0.2) is 9.78 Å². The molecule has 4 fully saturated rings. The largest absolute Gasteiger partial charge is 0.478 e. The highest BCUT2D eigenvalue weighted by molar-refractivity contribution is 6.34. The van der Waals surface area contributed by atoms with Gasteiger partial charge in [0.05, 0.1) is 16.3 Å². The van der Waals surface area contributed by atoms with Crippen LogP contribution in [0.25, 0.3) is 11.4 Å². The number of H-pyrrole nitrogens is 1. The fourth-order valence-corrected chi connectivity index (χ4v) is 7.83. The van der Waals surface area contributed by atoms with E-state index < -0.39 is 5.97 Å². The topological polar surface area (TPSA) is 95.1 Å². The van der Waals surface area contributed by atoms with Gasteiger partial charge in [0.25, 0.3) is 5.91 Å². The number of carbonyl (C=O) groups excluding carboxylic acids is 1. The van der Waals surface area contributed by atoms with Crippen molar-refractivity contribution in [1.29, 1.82) is 0 Å². The molecule has 4 bridgehead atoms. The maximum atomic E-state index is 13.5. The second-order valence-electron chi connectivity index (χ2n) is 11.6. The lowest BCUT2D eigenvalue weighted by atomic mass is 9.48. The van der Waals surface area contributed by atoms with E-state index >= 15 is 0 Å². The highest BCUT2D eigenvalue weighted by Crippen LogP contribution is 2.61. The average molecular weight is 518 g/mol. The lowest BCUT2D eigenvalue weighted by Gasteiger charge is -2.57. The van der Waals surface area contributed by atoms with Crippen molar-refractivity contribution in [2.75, 3.05) is 5.32 Å². The van der Waals surface area contributed by atoms with Gasteiger partial charge in [-0.2, -0.15) is 0 Å². The molecule has 7 heteroatoms.